The van der Waals surface area contributed by atoms with Crippen molar-refractivity contribution in [1.82, 2.24) is 14.9 Å². The topological polar surface area (TPSA) is 122 Å². The molecule has 0 spiro atoms. The monoisotopic (exact) mass is 281 g/mol. The van der Waals surface area contributed by atoms with Crippen LogP contribution < -0.4 is 16.6 Å². The molecule has 1 saturated heterocycles. The fourth-order valence-corrected chi connectivity index (χ4v) is 2.43. The number of nitrogens with two attached hydrogens (primary N) is 1. The van der Waals surface area contributed by atoms with Crippen molar-refractivity contribution >= 4 is 17.5 Å². The summed E-state index contributed by atoms with van der Waals surface area (Å²) in [5, 5.41) is 14.2. The van der Waals surface area contributed by atoms with Gasteiger partial charge in [0.1, 0.15) is 6.20 Å². The molecule has 9 nitrogen and oxygen atoms in total. The SMILES string of the molecule is CC1CN(C)CCC1Nc1nc(NN)ncc1[N+](=O)[O-]. The van der Waals surface area contributed by atoms with Crippen LogP contribution in [0.15, 0.2) is 6.20 Å². The Morgan fingerprint density at radius 2 is 2.35 bits per heavy atom. The largest absolute Gasteiger partial charge is 0.361 e. The number of likely N-dealkylation sites (tertiary alicyclic amines) is 1. The summed E-state index contributed by atoms with van der Waals surface area (Å²) in [5.74, 6) is 5.98. The quantitative estimate of drug-likeness (QED) is 0.412. The van der Waals surface area contributed by atoms with E-state index in [0.717, 1.165) is 25.7 Å². The predicted molar refractivity (Wildman–Crippen MR) is 75.2 cm³/mol. The average Bonchev–Trinajstić information content (AvgIpc) is 2.41. The molecule has 1 aromatic heterocycles. The first-order chi connectivity index (χ1) is 9.51. The van der Waals surface area contributed by atoms with Crippen LogP contribution in [0.5, 0.6) is 0 Å². The molecule has 1 aliphatic heterocycles. The van der Waals surface area contributed by atoms with Crippen LogP contribution in [0, 0.1) is 16.0 Å². The molecule has 0 radical (unpaired) electrons. The molecule has 0 aliphatic carbocycles. The summed E-state index contributed by atoms with van der Waals surface area (Å²) >= 11 is 0. The maximum absolute atomic E-state index is 11.0. The molecule has 2 unspecified atom stereocenters. The summed E-state index contributed by atoms with van der Waals surface area (Å²) < 4.78 is 0. The molecule has 2 heterocycles. The third-order valence-corrected chi connectivity index (χ3v) is 3.53. The molecule has 0 aromatic carbocycles. The Morgan fingerprint density at radius 1 is 1.60 bits per heavy atom. The molecule has 1 aromatic rings. The van der Waals surface area contributed by atoms with Crippen LogP contribution in [-0.4, -0.2) is 46.0 Å². The predicted octanol–water partition coefficient (Wildman–Crippen LogP) is 0.423. The number of aromatic nitrogens is 2. The van der Waals surface area contributed by atoms with E-state index in [9.17, 15) is 10.1 Å². The van der Waals surface area contributed by atoms with Gasteiger partial charge in [-0.15, -0.1) is 0 Å². The lowest BCUT2D eigenvalue weighted by Gasteiger charge is -2.35. The van der Waals surface area contributed by atoms with Crippen molar-refractivity contribution < 1.29 is 4.92 Å². The number of anilines is 2. The molecule has 2 atom stereocenters. The van der Waals surface area contributed by atoms with Crippen molar-refractivity contribution in [2.45, 2.75) is 19.4 Å². The molecule has 9 heteroatoms. The molecular formula is C11H19N7O2. The van der Waals surface area contributed by atoms with Crippen LogP contribution in [0.1, 0.15) is 13.3 Å². The molecule has 20 heavy (non-hydrogen) atoms. The highest BCUT2D eigenvalue weighted by Gasteiger charge is 2.27. The highest BCUT2D eigenvalue weighted by molar-refractivity contribution is 5.57. The second kappa shape index (κ2) is 5.97. The van der Waals surface area contributed by atoms with E-state index in [1.165, 1.54) is 0 Å². The van der Waals surface area contributed by atoms with Gasteiger partial charge < -0.3 is 10.2 Å². The number of nitrogen functional groups attached to an aromatic ring is 1. The summed E-state index contributed by atoms with van der Waals surface area (Å²) in [4.78, 5) is 20.6. The number of piperidine rings is 1. The van der Waals surface area contributed by atoms with E-state index in [0.29, 0.717) is 5.92 Å². The number of hydrazine groups is 1. The molecule has 0 saturated carbocycles. The Hall–Kier alpha value is -2.00. The van der Waals surface area contributed by atoms with Crippen molar-refractivity contribution in [2.75, 3.05) is 30.9 Å². The van der Waals surface area contributed by atoms with Gasteiger partial charge >= 0.3 is 5.69 Å². The Labute approximate surface area is 116 Å². The van der Waals surface area contributed by atoms with Crippen LogP contribution in [-0.2, 0) is 0 Å². The molecule has 2 rings (SSSR count). The zero-order valence-electron chi connectivity index (χ0n) is 11.5. The second-order valence-corrected chi connectivity index (χ2v) is 5.11. The van der Waals surface area contributed by atoms with Gasteiger partial charge in [0.25, 0.3) is 0 Å². The Bertz CT molecular complexity index is 496. The third kappa shape index (κ3) is 3.11. The number of rotatable bonds is 4. The van der Waals surface area contributed by atoms with Gasteiger partial charge in [-0.1, -0.05) is 6.92 Å². The summed E-state index contributed by atoms with van der Waals surface area (Å²) in [5.41, 5.74) is 2.15. The zero-order valence-corrected chi connectivity index (χ0v) is 11.5. The van der Waals surface area contributed by atoms with Gasteiger partial charge in [-0.3, -0.25) is 15.5 Å². The second-order valence-electron chi connectivity index (χ2n) is 5.11. The molecule has 1 fully saturated rings. The lowest BCUT2D eigenvalue weighted by Crippen LogP contribution is -2.43. The number of nitrogens with zero attached hydrogens (tertiary/aromatic N) is 4. The molecule has 1 aliphatic rings. The maximum atomic E-state index is 11.0. The van der Waals surface area contributed by atoms with Gasteiger partial charge in [-0.25, -0.2) is 10.8 Å². The van der Waals surface area contributed by atoms with E-state index < -0.39 is 4.92 Å². The van der Waals surface area contributed by atoms with E-state index in [1.807, 2.05) is 0 Å². The van der Waals surface area contributed by atoms with E-state index in [2.05, 4.69) is 39.6 Å². The highest BCUT2D eigenvalue weighted by Crippen LogP contribution is 2.26. The number of hydrogen-bond acceptors (Lipinski definition) is 8. The minimum atomic E-state index is -0.498. The normalized spacial score (nSPS) is 23.4. The van der Waals surface area contributed by atoms with E-state index >= 15 is 0 Å². The lowest BCUT2D eigenvalue weighted by molar-refractivity contribution is -0.384. The Morgan fingerprint density at radius 3 is 2.95 bits per heavy atom. The van der Waals surface area contributed by atoms with E-state index in [1.54, 1.807) is 0 Å². The van der Waals surface area contributed by atoms with Crippen molar-refractivity contribution in [3.8, 4) is 0 Å². The van der Waals surface area contributed by atoms with Gasteiger partial charge in [-0.2, -0.15) is 4.98 Å². The van der Waals surface area contributed by atoms with Gasteiger partial charge in [0.05, 0.1) is 4.92 Å². The molecule has 0 bridgehead atoms. The zero-order chi connectivity index (χ0) is 14.7. The lowest BCUT2D eigenvalue weighted by atomic mass is 9.94. The van der Waals surface area contributed by atoms with Crippen molar-refractivity contribution in [3.63, 3.8) is 0 Å². The van der Waals surface area contributed by atoms with Crippen LogP contribution in [0.4, 0.5) is 17.5 Å². The minimum absolute atomic E-state index is 0.143. The molecule has 110 valence electrons. The maximum Gasteiger partial charge on any atom is 0.329 e. The first-order valence-electron chi connectivity index (χ1n) is 6.44. The molecule has 0 amide bonds. The summed E-state index contributed by atoms with van der Waals surface area (Å²) in [7, 11) is 2.07. The number of nitrogens with one attached hydrogen (secondary N) is 2. The highest BCUT2D eigenvalue weighted by atomic mass is 16.6. The van der Waals surface area contributed by atoms with Crippen LogP contribution in [0.25, 0.3) is 0 Å². The van der Waals surface area contributed by atoms with Gasteiger partial charge in [-0.05, 0) is 25.9 Å². The standard InChI is InChI=1S/C11H19N7O2/c1-7-6-17(2)4-3-8(7)14-10-9(18(19)20)5-13-11(15-10)16-12/h5,7-8H,3-4,6,12H2,1-2H3,(H2,13,14,15,16). The summed E-state index contributed by atoms with van der Waals surface area (Å²) in [6, 6.07) is 0.144. The summed E-state index contributed by atoms with van der Waals surface area (Å²) in [6.07, 6.45) is 2.06. The molecular weight excluding hydrogens is 262 g/mol. The van der Waals surface area contributed by atoms with Gasteiger partial charge in [0.2, 0.25) is 11.8 Å². The number of hydrogen-bond donors (Lipinski definition) is 3. The van der Waals surface area contributed by atoms with Crippen molar-refractivity contribution in [1.29, 1.82) is 0 Å². The molecule has 4 N–H and O–H groups in total. The van der Waals surface area contributed by atoms with Crippen LogP contribution in [0.2, 0.25) is 0 Å². The third-order valence-electron chi connectivity index (χ3n) is 3.53. The van der Waals surface area contributed by atoms with Crippen molar-refractivity contribution in [2.24, 2.45) is 11.8 Å². The van der Waals surface area contributed by atoms with Crippen LogP contribution in [0.3, 0.4) is 0 Å². The van der Waals surface area contributed by atoms with Gasteiger partial charge in [0, 0.05) is 12.6 Å². The fraction of sp³-hybridized carbons (Fsp3) is 0.636. The fourth-order valence-electron chi connectivity index (χ4n) is 2.43. The Balaban J connectivity index is 2.20. The summed E-state index contributed by atoms with van der Waals surface area (Å²) in [6.45, 7) is 4.00. The average molecular weight is 281 g/mol. The Kier molecular flexibility index (Phi) is 4.30. The minimum Gasteiger partial charge on any atom is -0.361 e. The van der Waals surface area contributed by atoms with Gasteiger partial charge in [0.15, 0.2) is 0 Å². The first kappa shape index (κ1) is 14.4. The van der Waals surface area contributed by atoms with E-state index in [-0.39, 0.29) is 23.5 Å². The van der Waals surface area contributed by atoms with Crippen molar-refractivity contribution in [3.05, 3.63) is 16.3 Å². The van der Waals surface area contributed by atoms with Crippen LogP contribution >= 0.6 is 0 Å². The first-order valence-corrected chi connectivity index (χ1v) is 6.44. The smallest absolute Gasteiger partial charge is 0.329 e. The van der Waals surface area contributed by atoms with E-state index in [4.69, 9.17) is 5.84 Å². The number of nitro groups is 1.